The number of hydrogen-bond acceptors (Lipinski definition) is 8. The van der Waals surface area contributed by atoms with Crippen LogP contribution in [-0.2, 0) is 21.9 Å². The van der Waals surface area contributed by atoms with E-state index in [0.717, 1.165) is 42.6 Å². The minimum atomic E-state index is -4.03. The fraction of sp³-hybridized carbons (Fsp3) is 0.391. The maximum Gasteiger partial charge on any atom is 0.284 e. The number of aromatic nitrogens is 2. The second-order valence-corrected chi connectivity index (χ2v) is 10.6. The third-order valence-corrected chi connectivity index (χ3v) is 8.22. The number of hydrogen-bond donors (Lipinski definition) is 2. The number of methoxy groups -OCH3 is 1. The molecule has 3 aliphatic rings. The predicted molar refractivity (Wildman–Crippen MR) is 121 cm³/mol. The highest BCUT2D eigenvalue weighted by molar-refractivity contribution is 7.92. The van der Waals surface area contributed by atoms with Crippen molar-refractivity contribution in [2.75, 3.05) is 29.8 Å². The smallest absolute Gasteiger partial charge is 0.284 e. The summed E-state index contributed by atoms with van der Waals surface area (Å²) in [5, 5.41) is 13.9. The lowest BCUT2D eigenvalue weighted by molar-refractivity contribution is 0.198. The molecule has 0 unspecified atom stereocenters. The number of aliphatic hydroxyl groups excluding tert-OH is 1. The van der Waals surface area contributed by atoms with Crippen molar-refractivity contribution in [3.8, 4) is 17.1 Å². The number of anilines is 2. The van der Waals surface area contributed by atoms with Crippen LogP contribution in [0.4, 0.5) is 11.5 Å². The molecule has 1 aromatic carbocycles. The summed E-state index contributed by atoms with van der Waals surface area (Å²) in [4.78, 5) is 6.15. The van der Waals surface area contributed by atoms with Crippen molar-refractivity contribution >= 4 is 21.5 Å². The van der Waals surface area contributed by atoms with Crippen molar-refractivity contribution in [1.82, 2.24) is 10.1 Å². The summed E-state index contributed by atoms with van der Waals surface area (Å²) >= 11 is 0. The van der Waals surface area contributed by atoms with Gasteiger partial charge in [-0.15, -0.1) is 0 Å². The van der Waals surface area contributed by atoms with Gasteiger partial charge in [-0.25, -0.2) is 4.98 Å². The first-order valence-corrected chi connectivity index (χ1v) is 12.5. The number of nitrogens with zero attached hydrogens (tertiary/aromatic N) is 3. The van der Waals surface area contributed by atoms with Crippen molar-refractivity contribution < 1.29 is 22.8 Å². The van der Waals surface area contributed by atoms with Crippen LogP contribution in [-0.4, -0.2) is 50.0 Å². The molecule has 3 aromatic rings. The van der Waals surface area contributed by atoms with Crippen molar-refractivity contribution in [3.63, 3.8) is 0 Å². The van der Waals surface area contributed by atoms with Crippen LogP contribution >= 0.6 is 0 Å². The lowest BCUT2D eigenvalue weighted by atomic mass is 9.79. The summed E-state index contributed by atoms with van der Waals surface area (Å²) in [6, 6.07) is 9.50. The summed E-state index contributed by atoms with van der Waals surface area (Å²) in [7, 11) is -2.62. The van der Waals surface area contributed by atoms with Gasteiger partial charge in [0.25, 0.3) is 10.0 Å². The Bertz CT molecular complexity index is 1350. The van der Waals surface area contributed by atoms with Gasteiger partial charge in [-0.2, -0.15) is 8.42 Å². The fourth-order valence-corrected chi connectivity index (χ4v) is 6.19. The number of benzene rings is 1. The van der Waals surface area contributed by atoms with Gasteiger partial charge in [-0.05, 0) is 55.5 Å². The second kappa shape index (κ2) is 7.19. The molecule has 1 aliphatic heterocycles. The first-order valence-electron chi connectivity index (χ1n) is 11.0. The van der Waals surface area contributed by atoms with E-state index >= 15 is 0 Å². The Hall–Kier alpha value is -3.11. The molecule has 33 heavy (non-hydrogen) atoms. The van der Waals surface area contributed by atoms with Crippen LogP contribution < -0.4 is 14.4 Å². The average molecular weight is 469 g/mol. The van der Waals surface area contributed by atoms with E-state index in [0.29, 0.717) is 18.7 Å². The van der Waals surface area contributed by atoms with Gasteiger partial charge in [0.05, 0.1) is 13.2 Å². The lowest BCUT2D eigenvalue weighted by Gasteiger charge is -2.27. The number of aliphatic hydroxyl groups is 1. The van der Waals surface area contributed by atoms with Gasteiger partial charge >= 0.3 is 0 Å². The van der Waals surface area contributed by atoms with E-state index < -0.39 is 10.0 Å². The van der Waals surface area contributed by atoms with Crippen LogP contribution in [0.2, 0.25) is 0 Å². The van der Waals surface area contributed by atoms with Gasteiger partial charge in [-0.1, -0.05) is 11.2 Å². The largest absolute Gasteiger partial charge is 0.494 e. The Morgan fingerprint density at radius 2 is 2.15 bits per heavy atom. The molecule has 9 nitrogen and oxygen atoms in total. The quantitative estimate of drug-likeness (QED) is 0.587. The number of nitrogens with one attached hydrogen (secondary N) is 1. The minimum Gasteiger partial charge on any atom is -0.494 e. The Labute approximate surface area is 191 Å². The molecular formula is C23H24N4O5S. The summed E-state index contributed by atoms with van der Waals surface area (Å²) in [5.74, 6) is 0.940. The Morgan fingerprint density at radius 3 is 2.88 bits per heavy atom. The molecule has 0 amide bonds. The van der Waals surface area contributed by atoms with Crippen LogP contribution in [0, 0.1) is 0 Å². The third kappa shape index (κ3) is 3.27. The van der Waals surface area contributed by atoms with Crippen LogP contribution in [0.15, 0.2) is 46.1 Å². The Balaban J connectivity index is 1.40. The zero-order valence-electron chi connectivity index (χ0n) is 18.1. The molecule has 1 atom stereocenters. The lowest BCUT2D eigenvalue weighted by Crippen LogP contribution is -2.23. The van der Waals surface area contributed by atoms with Gasteiger partial charge < -0.3 is 19.3 Å². The highest BCUT2D eigenvalue weighted by Gasteiger charge is 2.50. The monoisotopic (exact) mass is 468 g/mol. The minimum absolute atomic E-state index is 0.0141. The van der Waals surface area contributed by atoms with E-state index in [1.165, 1.54) is 18.9 Å². The molecule has 1 spiro atoms. The Kier molecular flexibility index (Phi) is 4.47. The molecule has 172 valence electrons. The van der Waals surface area contributed by atoms with Crippen molar-refractivity contribution in [2.24, 2.45) is 0 Å². The van der Waals surface area contributed by atoms with Gasteiger partial charge in [-0.3, -0.25) is 4.72 Å². The topological polar surface area (TPSA) is 118 Å². The molecule has 3 heterocycles. The maximum absolute atomic E-state index is 13.1. The number of β-amino-alcohol motifs (C(OH)–C–C–N with tert-alkyl or cyclic N) is 1. The number of ether oxygens (including phenoxy) is 1. The van der Waals surface area contributed by atoms with E-state index in [2.05, 4.69) is 38.0 Å². The summed E-state index contributed by atoms with van der Waals surface area (Å²) < 4.78 is 39.6. The third-order valence-electron chi connectivity index (χ3n) is 6.95. The summed E-state index contributed by atoms with van der Waals surface area (Å²) in [6.07, 6.45) is 4.57. The Morgan fingerprint density at radius 1 is 1.30 bits per heavy atom. The standard InChI is InChI=1S/C23H24N4O5S/c1-31-19-3-2-9-24-22(19)33(29,30)26-21-17-12-23(7-8-23)18-5-4-14(27-10-6-15(28)13-27)11-16(18)20(17)32-25-21/h2-5,9,11,15,28H,6-8,10,12-13H2,1H3,(H,25,26)/t15-/m0/s1. The van der Waals surface area contributed by atoms with E-state index in [4.69, 9.17) is 9.26 Å². The molecule has 2 aliphatic carbocycles. The van der Waals surface area contributed by atoms with Crippen molar-refractivity contribution in [2.45, 2.75) is 42.2 Å². The second-order valence-electron chi connectivity index (χ2n) is 9.03. The molecule has 0 bridgehead atoms. The van der Waals surface area contributed by atoms with Crippen LogP contribution in [0.25, 0.3) is 11.3 Å². The van der Waals surface area contributed by atoms with Crippen molar-refractivity contribution in [3.05, 3.63) is 47.7 Å². The molecule has 1 saturated carbocycles. The summed E-state index contributed by atoms with van der Waals surface area (Å²) in [5.41, 5.74) is 3.93. The van der Waals surface area contributed by atoms with Gasteiger partial charge in [0.2, 0.25) is 5.03 Å². The van der Waals surface area contributed by atoms with Crippen LogP contribution in [0.1, 0.15) is 30.4 Å². The summed E-state index contributed by atoms with van der Waals surface area (Å²) in [6.45, 7) is 1.40. The number of pyridine rings is 1. The molecule has 0 radical (unpaired) electrons. The normalized spacial score (nSPS) is 20.4. The molecule has 2 aromatic heterocycles. The van der Waals surface area contributed by atoms with Gasteiger partial charge in [0.15, 0.2) is 17.3 Å². The van der Waals surface area contributed by atoms with Crippen LogP contribution in [0.3, 0.4) is 0 Å². The number of rotatable bonds is 5. The molecule has 2 N–H and O–H groups in total. The fourth-order valence-electron chi connectivity index (χ4n) is 5.06. The predicted octanol–water partition coefficient (Wildman–Crippen LogP) is 2.70. The number of fused-ring (bicyclic) bond motifs is 4. The zero-order valence-corrected chi connectivity index (χ0v) is 18.9. The van der Waals surface area contributed by atoms with E-state index in [1.807, 2.05) is 0 Å². The highest BCUT2D eigenvalue weighted by Crippen LogP contribution is 2.58. The first kappa shape index (κ1) is 20.5. The first-order chi connectivity index (χ1) is 15.9. The zero-order chi connectivity index (χ0) is 22.8. The molecule has 6 rings (SSSR count). The van der Waals surface area contributed by atoms with Crippen molar-refractivity contribution in [1.29, 1.82) is 0 Å². The molecule has 2 fully saturated rings. The molecule has 1 saturated heterocycles. The van der Waals surface area contributed by atoms with Gasteiger partial charge in [0.1, 0.15) is 0 Å². The van der Waals surface area contributed by atoms with E-state index in [1.54, 1.807) is 12.1 Å². The maximum atomic E-state index is 13.1. The van der Waals surface area contributed by atoms with E-state index in [-0.39, 0.29) is 28.1 Å². The number of sulfonamides is 1. The van der Waals surface area contributed by atoms with Crippen LogP contribution in [0.5, 0.6) is 5.75 Å². The SMILES string of the molecule is COc1cccnc1S(=O)(=O)Nc1noc2c1CC1(CC1)c1ccc(N3CC[C@H](O)C3)cc1-2. The van der Waals surface area contributed by atoms with Gasteiger partial charge in [0, 0.05) is 41.5 Å². The average Bonchev–Trinajstić information content (AvgIpc) is 3.27. The highest BCUT2D eigenvalue weighted by atomic mass is 32.2. The molecular weight excluding hydrogens is 444 g/mol. The molecule has 10 heteroatoms. The van der Waals surface area contributed by atoms with E-state index in [9.17, 15) is 13.5 Å².